The fourth-order valence-electron chi connectivity index (χ4n) is 4.99. The number of nitrogens with zero attached hydrogens (tertiary/aromatic N) is 1. The van der Waals surface area contributed by atoms with E-state index < -0.39 is 6.98 Å². The molecule has 0 radical (unpaired) electrons. The molecule has 2 bridgehead atoms. The first-order valence-corrected chi connectivity index (χ1v) is 7.51. The van der Waals surface area contributed by atoms with Gasteiger partial charge >= 0.3 is 0 Å². The van der Waals surface area contributed by atoms with E-state index >= 15 is 0 Å². The first kappa shape index (κ1) is 9.02. The SMILES string of the molecule is [2H]C([2H])([2H])N1CC[C@]23CCCCC2[C@@H]1Cc1ccc(O)cc13. The zero-order valence-electron chi connectivity index (χ0n) is 14.2. The third-order valence-electron chi connectivity index (χ3n) is 5.82. The highest BCUT2D eigenvalue weighted by Gasteiger charge is 2.52. The molecule has 4 rings (SSSR count). The van der Waals surface area contributed by atoms with Crippen molar-refractivity contribution < 1.29 is 9.22 Å². The van der Waals surface area contributed by atoms with E-state index in [0.29, 0.717) is 18.2 Å². The Hall–Kier alpha value is -1.02. The molecule has 0 aromatic heterocycles. The van der Waals surface area contributed by atoms with Crippen molar-refractivity contribution in [2.45, 2.75) is 50.0 Å². The minimum Gasteiger partial charge on any atom is -0.508 e. The van der Waals surface area contributed by atoms with Gasteiger partial charge in [-0.25, -0.2) is 0 Å². The normalized spacial score (nSPS) is 40.5. The van der Waals surface area contributed by atoms with Gasteiger partial charge in [0, 0.05) is 15.6 Å². The Bertz CT molecular complexity index is 600. The van der Waals surface area contributed by atoms with Gasteiger partial charge in [-0.05, 0) is 68.4 Å². The smallest absolute Gasteiger partial charge is 0.115 e. The van der Waals surface area contributed by atoms with E-state index in [4.69, 9.17) is 4.11 Å². The minimum absolute atomic E-state index is 0.0942. The zero-order chi connectivity index (χ0) is 15.5. The summed E-state index contributed by atoms with van der Waals surface area (Å²) in [4.78, 5) is 1.77. The molecule has 3 atom stereocenters. The Balaban J connectivity index is 1.85. The average Bonchev–Trinajstić information content (AvgIpc) is 2.47. The second-order valence-corrected chi connectivity index (χ2v) is 6.56. The minimum atomic E-state index is -2.00. The van der Waals surface area contributed by atoms with Crippen molar-refractivity contribution in [1.82, 2.24) is 4.90 Å². The maximum absolute atomic E-state index is 9.95. The van der Waals surface area contributed by atoms with Crippen LogP contribution in [0.5, 0.6) is 5.75 Å². The molecule has 1 aromatic carbocycles. The van der Waals surface area contributed by atoms with Crippen LogP contribution in [0.25, 0.3) is 0 Å². The summed E-state index contributed by atoms with van der Waals surface area (Å²) in [6.45, 7) is -1.35. The lowest BCUT2D eigenvalue weighted by Gasteiger charge is -2.58. The molecule has 2 aliphatic carbocycles. The number of likely N-dealkylation sites (tertiary alicyclic amines) is 1. The van der Waals surface area contributed by atoms with Gasteiger partial charge in [0.25, 0.3) is 0 Å². The maximum Gasteiger partial charge on any atom is 0.115 e. The second-order valence-electron chi connectivity index (χ2n) is 6.56. The molecule has 3 aliphatic rings. The molecule has 19 heavy (non-hydrogen) atoms. The number of aromatic hydroxyl groups is 1. The highest BCUT2D eigenvalue weighted by Crippen LogP contribution is 2.55. The van der Waals surface area contributed by atoms with Crippen molar-refractivity contribution in [2.75, 3.05) is 13.5 Å². The van der Waals surface area contributed by atoms with Crippen LogP contribution in [0.1, 0.15) is 47.3 Å². The summed E-state index contributed by atoms with van der Waals surface area (Å²) in [5.74, 6) is 0.763. The fourth-order valence-corrected chi connectivity index (χ4v) is 4.99. The lowest BCUT2D eigenvalue weighted by molar-refractivity contribution is 0.00274. The number of hydrogen-bond acceptors (Lipinski definition) is 2. The highest BCUT2D eigenvalue weighted by molar-refractivity contribution is 5.45. The van der Waals surface area contributed by atoms with E-state index in [1.165, 1.54) is 24.0 Å². The van der Waals surface area contributed by atoms with Gasteiger partial charge in [-0.3, -0.25) is 0 Å². The average molecular weight is 260 g/mol. The number of benzene rings is 1. The Morgan fingerprint density at radius 3 is 3.21 bits per heavy atom. The van der Waals surface area contributed by atoms with Crippen LogP contribution in [-0.4, -0.2) is 29.6 Å². The number of rotatable bonds is 0. The van der Waals surface area contributed by atoms with Gasteiger partial charge in [-0.15, -0.1) is 0 Å². The first-order valence-electron chi connectivity index (χ1n) is 9.01. The van der Waals surface area contributed by atoms with Gasteiger partial charge in [0.15, 0.2) is 0 Å². The van der Waals surface area contributed by atoms with E-state index in [0.717, 1.165) is 25.7 Å². The third kappa shape index (κ3) is 1.53. The number of hydrogen-bond donors (Lipinski definition) is 1. The standard InChI is InChI=1S/C17H23NO/c1-18-9-8-17-7-3-2-4-14(17)16(18)10-12-5-6-13(19)11-15(12)17/h5-6,11,14,16,19H,2-4,7-10H2,1H3/t14?,16-,17+/m0/s1/i1D3. The van der Waals surface area contributed by atoms with Crippen molar-refractivity contribution >= 4 is 0 Å². The number of phenols is 1. The molecule has 1 saturated carbocycles. The van der Waals surface area contributed by atoms with Gasteiger partial charge in [0.2, 0.25) is 0 Å². The molecule has 2 fully saturated rings. The van der Waals surface area contributed by atoms with Crippen LogP contribution in [0.15, 0.2) is 18.2 Å². The summed E-state index contributed by atoms with van der Waals surface area (Å²) in [5, 5.41) is 9.95. The summed E-state index contributed by atoms with van der Waals surface area (Å²) in [6, 6.07) is 5.83. The van der Waals surface area contributed by atoms with Gasteiger partial charge < -0.3 is 10.0 Å². The molecule has 0 spiro atoms. The van der Waals surface area contributed by atoms with Crippen LogP contribution in [0.2, 0.25) is 0 Å². The number of phenolic OH excluding ortho intramolecular Hbond substituents is 1. The Labute approximate surface area is 119 Å². The van der Waals surface area contributed by atoms with Gasteiger partial charge in [0.1, 0.15) is 5.75 Å². The number of fused-ring (bicyclic) bond motifs is 1. The topological polar surface area (TPSA) is 23.5 Å². The van der Waals surface area contributed by atoms with Crippen molar-refractivity contribution in [3.63, 3.8) is 0 Å². The molecule has 1 N–H and O–H groups in total. The van der Waals surface area contributed by atoms with E-state index in [1.54, 1.807) is 11.0 Å². The van der Waals surface area contributed by atoms with Gasteiger partial charge in [0.05, 0.1) is 0 Å². The number of likely N-dealkylation sites (N-methyl/N-ethyl adjacent to an activating group) is 1. The molecular weight excluding hydrogens is 234 g/mol. The predicted molar refractivity (Wildman–Crippen MR) is 76.5 cm³/mol. The molecule has 1 saturated heterocycles. The summed E-state index contributed by atoms with van der Waals surface area (Å²) < 4.78 is 23.7. The predicted octanol–water partition coefficient (Wildman–Crippen LogP) is 3.08. The Morgan fingerprint density at radius 1 is 1.37 bits per heavy atom. The van der Waals surface area contributed by atoms with Crippen molar-refractivity contribution in [3.05, 3.63) is 29.3 Å². The lowest BCUT2D eigenvalue weighted by atomic mass is 9.52. The van der Waals surface area contributed by atoms with Gasteiger partial charge in [-0.2, -0.15) is 0 Å². The summed E-state index contributed by atoms with van der Waals surface area (Å²) in [5.41, 5.74) is 2.64. The molecule has 1 heterocycles. The maximum atomic E-state index is 9.95. The van der Waals surface area contributed by atoms with Crippen LogP contribution >= 0.6 is 0 Å². The van der Waals surface area contributed by atoms with Crippen molar-refractivity contribution in [3.8, 4) is 5.75 Å². The summed E-state index contributed by atoms with van der Waals surface area (Å²) in [7, 11) is 0. The van der Waals surface area contributed by atoms with Gasteiger partial charge in [-0.1, -0.05) is 18.9 Å². The van der Waals surface area contributed by atoms with Crippen LogP contribution in [0.3, 0.4) is 0 Å². The second kappa shape index (κ2) is 3.99. The lowest BCUT2D eigenvalue weighted by Crippen LogP contribution is -2.59. The molecule has 2 heteroatoms. The molecule has 0 amide bonds. The van der Waals surface area contributed by atoms with Crippen LogP contribution in [-0.2, 0) is 11.8 Å². The summed E-state index contributed by atoms with van der Waals surface area (Å²) >= 11 is 0. The van der Waals surface area contributed by atoms with Crippen molar-refractivity contribution in [2.24, 2.45) is 5.92 Å². The van der Waals surface area contributed by atoms with E-state index in [1.807, 2.05) is 12.1 Å². The van der Waals surface area contributed by atoms with E-state index in [-0.39, 0.29) is 11.5 Å². The van der Waals surface area contributed by atoms with Crippen LogP contribution < -0.4 is 0 Å². The monoisotopic (exact) mass is 260 g/mol. The Morgan fingerprint density at radius 2 is 2.32 bits per heavy atom. The van der Waals surface area contributed by atoms with E-state index in [9.17, 15) is 5.11 Å². The summed E-state index contributed by atoms with van der Waals surface area (Å²) in [6.07, 6.45) is 6.38. The molecule has 2 nitrogen and oxygen atoms in total. The molecular formula is C17H23NO. The molecule has 1 aromatic rings. The molecule has 1 aliphatic heterocycles. The number of piperidine rings is 1. The highest BCUT2D eigenvalue weighted by atomic mass is 16.3. The largest absolute Gasteiger partial charge is 0.508 e. The van der Waals surface area contributed by atoms with Crippen molar-refractivity contribution in [1.29, 1.82) is 0 Å². The zero-order valence-corrected chi connectivity index (χ0v) is 11.2. The van der Waals surface area contributed by atoms with E-state index in [2.05, 4.69) is 0 Å². The third-order valence-corrected chi connectivity index (χ3v) is 5.82. The quantitative estimate of drug-likeness (QED) is 0.775. The Kier molecular flexibility index (Phi) is 1.89. The van der Waals surface area contributed by atoms with Crippen LogP contribution in [0, 0.1) is 5.92 Å². The fraction of sp³-hybridized carbons (Fsp3) is 0.647. The molecule has 102 valence electrons. The first-order chi connectivity index (χ1) is 10.4. The molecule has 1 unspecified atom stereocenters. The van der Waals surface area contributed by atoms with Crippen LogP contribution in [0.4, 0.5) is 0 Å².